The summed E-state index contributed by atoms with van der Waals surface area (Å²) in [5.74, 6) is 0. The SMILES string of the molecule is O=C(NCc1ccccc1)N1CCCCC[C@H]1c1ccc(Cl)cc1. The van der Waals surface area contributed by atoms with E-state index >= 15 is 0 Å². The number of rotatable bonds is 3. The number of nitrogens with zero attached hydrogens (tertiary/aromatic N) is 1. The van der Waals surface area contributed by atoms with Gasteiger partial charge in [0, 0.05) is 18.1 Å². The lowest BCUT2D eigenvalue weighted by molar-refractivity contribution is 0.175. The Bertz CT molecular complexity index is 657. The molecule has 24 heavy (non-hydrogen) atoms. The van der Waals surface area contributed by atoms with Crippen molar-refractivity contribution in [1.29, 1.82) is 0 Å². The van der Waals surface area contributed by atoms with Crippen molar-refractivity contribution >= 4 is 17.6 Å². The second kappa shape index (κ2) is 8.20. The molecule has 126 valence electrons. The second-order valence-electron chi connectivity index (χ2n) is 6.25. The normalized spacial score (nSPS) is 18.0. The molecule has 0 aromatic heterocycles. The average molecular weight is 343 g/mol. The molecule has 1 fully saturated rings. The molecule has 2 aromatic carbocycles. The minimum atomic E-state index is 0.0145. The van der Waals surface area contributed by atoms with Crippen LogP contribution < -0.4 is 5.32 Å². The van der Waals surface area contributed by atoms with Gasteiger partial charge in [-0.15, -0.1) is 0 Å². The number of hydrogen-bond acceptors (Lipinski definition) is 1. The van der Waals surface area contributed by atoms with Crippen LogP contribution in [0.2, 0.25) is 5.02 Å². The number of benzene rings is 2. The summed E-state index contributed by atoms with van der Waals surface area (Å²) in [7, 11) is 0. The van der Waals surface area contributed by atoms with Gasteiger partial charge in [0.15, 0.2) is 0 Å². The average Bonchev–Trinajstić information content (AvgIpc) is 2.87. The van der Waals surface area contributed by atoms with Gasteiger partial charge >= 0.3 is 6.03 Å². The van der Waals surface area contributed by atoms with Crippen molar-refractivity contribution in [2.45, 2.75) is 38.3 Å². The number of likely N-dealkylation sites (tertiary alicyclic amines) is 1. The van der Waals surface area contributed by atoms with Gasteiger partial charge in [0.05, 0.1) is 6.04 Å². The van der Waals surface area contributed by atoms with Gasteiger partial charge in [-0.1, -0.05) is 66.9 Å². The Morgan fingerprint density at radius 1 is 1.04 bits per heavy atom. The number of carbonyl (C=O) groups excluding carboxylic acids is 1. The smallest absolute Gasteiger partial charge is 0.318 e. The predicted molar refractivity (Wildman–Crippen MR) is 98.0 cm³/mol. The van der Waals surface area contributed by atoms with Gasteiger partial charge < -0.3 is 10.2 Å². The molecule has 1 aliphatic rings. The summed E-state index contributed by atoms with van der Waals surface area (Å²) in [4.78, 5) is 14.7. The van der Waals surface area contributed by atoms with Crippen molar-refractivity contribution in [2.24, 2.45) is 0 Å². The fourth-order valence-corrected chi connectivity index (χ4v) is 3.38. The highest BCUT2D eigenvalue weighted by Gasteiger charge is 2.26. The molecule has 3 nitrogen and oxygen atoms in total. The van der Waals surface area contributed by atoms with E-state index in [1.54, 1.807) is 0 Å². The van der Waals surface area contributed by atoms with Crippen molar-refractivity contribution in [1.82, 2.24) is 10.2 Å². The lowest BCUT2D eigenvalue weighted by atomic mass is 10.0. The van der Waals surface area contributed by atoms with Crippen molar-refractivity contribution < 1.29 is 4.79 Å². The molecule has 3 rings (SSSR count). The largest absolute Gasteiger partial charge is 0.334 e. The maximum atomic E-state index is 12.8. The standard InChI is InChI=1S/C20H23ClN2O/c21-18-12-10-17(11-13-18)19-9-5-2-6-14-23(19)20(24)22-15-16-7-3-1-4-8-16/h1,3-4,7-8,10-13,19H,2,5-6,9,14-15H2,(H,22,24)/t19-/m0/s1. The molecule has 4 heteroatoms. The Morgan fingerprint density at radius 3 is 2.54 bits per heavy atom. The van der Waals surface area contributed by atoms with Crippen molar-refractivity contribution in [2.75, 3.05) is 6.54 Å². The summed E-state index contributed by atoms with van der Waals surface area (Å²) in [5, 5.41) is 3.80. The van der Waals surface area contributed by atoms with Crippen LogP contribution in [-0.4, -0.2) is 17.5 Å². The van der Waals surface area contributed by atoms with E-state index in [9.17, 15) is 4.79 Å². The van der Waals surface area contributed by atoms with Crippen LogP contribution in [0.1, 0.15) is 42.9 Å². The molecule has 2 aromatic rings. The first kappa shape index (κ1) is 16.8. The molecule has 1 N–H and O–H groups in total. The maximum Gasteiger partial charge on any atom is 0.318 e. The number of urea groups is 1. The summed E-state index contributed by atoms with van der Waals surface area (Å²) in [6, 6.07) is 18.0. The molecule has 2 amide bonds. The quantitative estimate of drug-likeness (QED) is 0.820. The van der Waals surface area contributed by atoms with E-state index in [4.69, 9.17) is 11.6 Å². The zero-order valence-electron chi connectivity index (χ0n) is 13.7. The number of amides is 2. The molecule has 0 bridgehead atoms. The highest BCUT2D eigenvalue weighted by Crippen LogP contribution is 2.30. The fourth-order valence-electron chi connectivity index (χ4n) is 3.26. The third kappa shape index (κ3) is 4.30. The van der Waals surface area contributed by atoms with Crippen molar-refractivity contribution in [3.05, 3.63) is 70.7 Å². The van der Waals surface area contributed by atoms with Crippen LogP contribution in [0, 0.1) is 0 Å². The first-order valence-electron chi connectivity index (χ1n) is 8.58. The lowest BCUT2D eigenvalue weighted by Crippen LogP contribution is -2.41. The Labute approximate surface area is 148 Å². The Balaban J connectivity index is 1.71. The van der Waals surface area contributed by atoms with E-state index in [2.05, 4.69) is 5.32 Å². The van der Waals surface area contributed by atoms with E-state index in [1.807, 2.05) is 59.5 Å². The van der Waals surface area contributed by atoms with Crippen LogP contribution in [0.3, 0.4) is 0 Å². The molecule has 1 aliphatic heterocycles. The molecule has 0 aliphatic carbocycles. The van der Waals surface area contributed by atoms with E-state index in [0.717, 1.165) is 42.0 Å². The van der Waals surface area contributed by atoms with Crippen LogP contribution >= 0.6 is 11.6 Å². The van der Waals surface area contributed by atoms with Gasteiger partial charge in [0.2, 0.25) is 0 Å². The topological polar surface area (TPSA) is 32.3 Å². The number of halogens is 1. The maximum absolute atomic E-state index is 12.8. The summed E-state index contributed by atoms with van der Waals surface area (Å²) in [6.45, 7) is 1.36. The van der Waals surface area contributed by atoms with E-state index in [0.29, 0.717) is 6.54 Å². The summed E-state index contributed by atoms with van der Waals surface area (Å²) in [6.07, 6.45) is 4.38. The van der Waals surface area contributed by atoms with Gasteiger partial charge in [-0.25, -0.2) is 4.79 Å². The van der Waals surface area contributed by atoms with Gasteiger partial charge in [-0.3, -0.25) is 0 Å². The fraction of sp³-hybridized carbons (Fsp3) is 0.350. The minimum Gasteiger partial charge on any atom is -0.334 e. The third-order valence-electron chi connectivity index (χ3n) is 4.56. The molecule has 1 heterocycles. The molecular formula is C20H23ClN2O. The Hall–Kier alpha value is -2.00. The summed E-state index contributed by atoms with van der Waals surface area (Å²) in [5.41, 5.74) is 2.28. The van der Waals surface area contributed by atoms with Crippen molar-refractivity contribution in [3.63, 3.8) is 0 Å². The Morgan fingerprint density at radius 2 is 1.79 bits per heavy atom. The molecular weight excluding hydrogens is 320 g/mol. The molecule has 1 saturated heterocycles. The van der Waals surface area contributed by atoms with E-state index < -0.39 is 0 Å². The summed E-state index contributed by atoms with van der Waals surface area (Å²) < 4.78 is 0. The summed E-state index contributed by atoms with van der Waals surface area (Å²) >= 11 is 6.01. The first-order chi connectivity index (χ1) is 11.7. The van der Waals surface area contributed by atoms with Gasteiger partial charge in [0.25, 0.3) is 0 Å². The molecule has 0 unspecified atom stereocenters. The van der Waals surface area contributed by atoms with Gasteiger partial charge in [0.1, 0.15) is 0 Å². The lowest BCUT2D eigenvalue weighted by Gasteiger charge is -2.30. The monoisotopic (exact) mass is 342 g/mol. The van der Waals surface area contributed by atoms with Crippen LogP contribution in [-0.2, 0) is 6.54 Å². The van der Waals surface area contributed by atoms with Crippen LogP contribution in [0.15, 0.2) is 54.6 Å². The first-order valence-corrected chi connectivity index (χ1v) is 8.96. The number of carbonyl (C=O) groups is 1. The molecule has 1 atom stereocenters. The predicted octanol–water partition coefficient (Wildman–Crippen LogP) is 5.17. The number of hydrogen-bond donors (Lipinski definition) is 1. The van der Waals surface area contributed by atoms with Crippen molar-refractivity contribution in [3.8, 4) is 0 Å². The Kier molecular flexibility index (Phi) is 5.76. The zero-order chi connectivity index (χ0) is 16.8. The van der Waals surface area contributed by atoms with Crippen LogP contribution in [0.5, 0.6) is 0 Å². The van der Waals surface area contributed by atoms with Gasteiger partial charge in [-0.05, 0) is 36.1 Å². The highest BCUT2D eigenvalue weighted by atomic mass is 35.5. The number of nitrogens with one attached hydrogen (secondary N) is 1. The highest BCUT2D eigenvalue weighted by molar-refractivity contribution is 6.30. The molecule has 0 spiro atoms. The molecule has 0 saturated carbocycles. The zero-order valence-corrected chi connectivity index (χ0v) is 14.5. The second-order valence-corrected chi connectivity index (χ2v) is 6.69. The van der Waals surface area contributed by atoms with Gasteiger partial charge in [-0.2, -0.15) is 0 Å². The van der Waals surface area contributed by atoms with E-state index in [-0.39, 0.29) is 12.1 Å². The molecule has 0 radical (unpaired) electrons. The van der Waals surface area contributed by atoms with Crippen LogP contribution in [0.4, 0.5) is 4.79 Å². The van der Waals surface area contributed by atoms with E-state index in [1.165, 1.54) is 6.42 Å². The van der Waals surface area contributed by atoms with Crippen LogP contribution in [0.25, 0.3) is 0 Å². The third-order valence-corrected chi connectivity index (χ3v) is 4.81. The minimum absolute atomic E-state index is 0.0145.